The number of anilines is 1. The molecule has 3 amide bonds. The van der Waals surface area contributed by atoms with Gasteiger partial charge in [0.25, 0.3) is 0 Å². The summed E-state index contributed by atoms with van der Waals surface area (Å²) in [5, 5.41) is 6.31. The monoisotopic (exact) mass is 525 g/mol. The molecule has 0 unspecified atom stereocenters. The van der Waals surface area contributed by atoms with Crippen LogP contribution in [-0.4, -0.2) is 58.2 Å². The van der Waals surface area contributed by atoms with Gasteiger partial charge < -0.3 is 20.3 Å². The van der Waals surface area contributed by atoms with E-state index >= 15 is 0 Å². The van der Waals surface area contributed by atoms with Gasteiger partial charge in [-0.05, 0) is 63.5 Å². The fraction of sp³-hybridized carbons (Fsp3) is 0.621. The highest BCUT2D eigenvalue weighted by Crippen LogP contribution is 2.56. The molecule has 3 fully saturated rings. The minimum Gasteiger partial charge on any atom is -0.359 e. The molecule has 200 valence electrons. The highest BCUT2D eigenvalue weighted by Gasteiger charge is 2.74. The first-order chi connectivity index (χ1) is 17.5. The summed E-state index contributed by atoms with van der Waals surface area (Å²) in [5.74, 6) is -1.19. The van der Waals surface area contributed by atoms with Crippen LogP contribution in [0, 0.1) is 23.7 Å². The van der Waals surface area contributed by atoms with Gasteiger partial charge in [0, 0.05) is 22.2 Å². The standard InChI is InChI=1S/C29H39N3O4S/c1-16-9-7-12-20(17(16)2)31-26(34)24-29-14-13-21(36-29)22(23(29)27(35)32(24)28(3,4)5)25(33)30-18-10-8-11-19(15-18)37-6/h8,10-11,13-17,20-24H,7,9,12H2,1-6H3,(H,30,33)(H,31,34)/t16-,17+,20+,21+,22-,23+,24+,29+/m0/s1. The molecule has 3 aliphatic heterocycles. The Morgan fingerprint density at radius 3 is 2.62 bits per heavy atom. The van der Waals surface area contributed by atoms with Crippen LogP contribution in [0.1, 0.15) is 53.9 Å². The Morgan fingerprint density at radius 1 is 1.16 bits per heavy atom. The van der Waals surface area contributed by atoms with E-state index in [0.717, 1.165) is 17.7 Å². The second kappa shape index (κ2) is 9.45. The van der Waals surface area contributed by atoms with Crippen LogP contribution in [0.4, 0.5) is 5.69 Å². The number of carbonyl (C=O) groups excluding carboxylic acids is 3. The minimum atomic E-state index is -1.15. The van der Waals surface area contributed by atoms with E-state index in [2.05, 4.69) is 24.5 Å². The van der Waals surface area contributed by atoms with Gasteiger partial charge in [0.1, 0.15) is 11.6 Å². The number of amides is 3. The number of carbonyl (C=O) groups is 3. The van der Waals surface area contributed by atoms with Crippen LogP contribution in [0.2, 0.25) is 0 Å². The predicted octanol–water partition coefficient (Wildman–Crippen LogP) is 4.24. The van der Waals surface area contributed by atoms with Crippen LogP contribution < -0.4 is 10.6 Å². The van der Waals surface area contributed by atoms with E-state index in [1.165, 1.54) is 6.42 Å². The summed E-state index contributed by atoms with van der Waals surface area (Å²) in [6, 6.07) is 6.88. The minimum absolute atomic E-state index is 0.0639. The van der Waals surface area contributed by atoms with Gasteiger partial charge in [-0.2, -0.15) is 0 Å². The lowest BCUT2D eigenvalue weighted by Gasteiger charge is -2.41. The first-order valence-electron chi connectivity index (χ1n) is 13.4. The van der Waals surface area contributed by atoms with Crippen LogP contribution in [0.15, 0.2) is 41.3 Å². The largest absolute Gasteiger partial charge is 0.359 e. The summed E-state index contributed by atoms with van der Waals surface area (Å²) >= 11 is 1.60. The van der Waals surface area contributed by atoms with Gasteiger partial charge in [0.15, 0.2) is 0 Å². The number of hydrogen-bond donors (Lipinski definition) is 2. The number of nitrogens with one attached hydrogen (secondary N) is 2. The fourth-order valence-electron chi connectivity index (χ4n) is 6.87. The highest BCUT2D eigenvalue weighted by molar-refractivity contribution is 7.98. The molecule has 2 bridgehead atoms. The zero-order chi connectivity index (χ0) is 26.7. The van der Waals surface area contributed by atoms with Crippen LogP contribution >= 0.6 is 11.8 Å². The van der Waals surface area contributed by atoms with E-state index in [1.807, 2.05) is 63.4 Å². The van der Waals surface area contributed by atoms with Crippen molar-refractivity contribution in [1.82, 2.24) is 10.2 Å². The number of likely N-dealkylation sites (tertiary alicyclic amines) is 1. The van der Waals surface area contributed by atoms with Gasteiger partial charge in [0.05, 0.1) is 17.9 Å². The summed E-state index contributed by atoms with van der Waals surface area (Å²) in [6.07, 6.45) is 8.37. The molecule has 3 heterocycles. The first-order valence-corrected chi connectivity index (χ1v) is 14.7. The normalized spacial score (nSPS) is 36.5. The number of ether oxygens (including phenoxy) is 1. The predicted molar refractivity (Wildman–Crippen MR) is 145 cm³/mol. The van der Waals surface area contributed by atoms with Crippen molar-refractivity contribution in [2.24, 2.45) is 23.7 Å². The Hall–Kier alpha value is -2.32. The van der Waals surface area contributed by atoms with Crippen molar-refractivity contribution in [3.05, 3.63) is 36.4 Å². The fourth-order valence-corrected chi connectivity index (χ4v) is 7.32. The number of nitrogens with zero attached hydrogens (tertiary/aromatic N) is 1. The molecule has 1 saturated carbocycles. The van der Waals surface area contributed by atoms with Crippen LogP contribution in [0.5, 0.6) is 0 Å². The smallest absolute Gasteiger partial charge is 0.246 e. The number of rotatable bonds is 5. The van der Waals surface area contributed by atoms with E-state index in [9.17, 15) is 14.4 Å². The molecule has 1 spiro atoms. The van der Waals surface area contributed by atoms with Gasteiger partial charge >= 0.3 is 0 Å². The summed E-state index contributed by atoms with van der Waals surface area (Å²) in [5.41, 5.74) is -1.08. The second-order valence-electron chi connectivity index (χ2n) is 12.2. The van der Waals surface area contributed by atoms with Gasteiger partial charge in [-0.3, -0.25) is 14.4 Å². The van der Waals surface area contributed by atoms with E-state index in [-0.39, 0.29) is 23.8 Å². The maximum atomic E-state index is 14.1. The molecule has 1 aromatic carbocycles. The topological polar surface area (TPSA) is 87.7 Å². The molecule has 2 saturated heterocycles. The number of thioether (sulfide) groups is 1. The van der Waals surface area contributed by atoms with Crippen molar-refractivity contribution in [2.75, 3.05) is 11.6 Å². The average Bonchev–Trinajstić information content (AvgIpc) is 3.49. The summed E-state index contributed by atoms with van der Waals surface area (Å²) in [6.45, 7) is 10.2. The van der Waals surface area contributed by atoms with E-state index in [1.54, 1.807) is 16.7 Å². The van der Waals surface area contributed by atoms with Crippen LogP contribution in [0.3, 0.4) is 0 Å². The Morgan fingerprint density at radius 2 is 1.92 bits per heavy atom. The molecule has 5 rings (SSSR count). The van der Waals surface area contributed by atoms with Crippen molar-refractivity contribution in [3.8, 4) is 0 Å². The number of hydrogen-bond acceptors (Lipinski definition) is 5. The maximum Gasteiger partial charge on any atom is 0.246 e. The lowest BCUT2D eigenvalue weighted by Crippen LogP contribution is -2.61. The molecule has 0 aromatic heterocycles. The molecular weight excluding hydrogens is 486 g/mol. The SMILES string of the molecule is CSc1cccc(NC(=O)[C@H]2[C@H]3C=C[C@@]4(O3)[C@H]2C(=O)N(C(C)(C)C)[C@@H]4C(=O)N[C@@H]2CCC[C@H](C)[C@H]2C)c1. The van der Waals surface area contributed by atoms with Crippen molar-refractivity contribution >= 4 is 35.2 Å². The van der Waals surface area contributed by atoms with E-state index in [0.29, 0.717) is 17.5 Å². The van der Waals surface area contributed by atoms with Gasteiger partial charge in [-0.15, -0.1) is 11.8 Å². The lowest BCUT2D eigenvalue weighted by molar-refractivity contribution is -0.147. The first kappa shape index (κ1) is 26.3. The molecule has 8 heteroatoms. The zero-order valence-corrected chi connectivity index (χ0v) is 23.4. The second-order valence-corrected chi connectivity index (χ2v) is 13.1. The van der Waals surface area contributed by atoms with Gasteiger partial charge in [0.2, 0.25) is 17.7 Å². The third-order valence-corrected chi connectivity index (χ3v) is 9.65. The lowest BCUT2D eigenvalue weighted by atomic mass is 9.73. The molecule has 2 N–H and O–H groups in total. The van der Waals surface area contributed by atoms with Crippen molar-refractivity contribution in [3.63, 3.8) is 0 Å². The van der Waals surface area contributed by atoms with Gasteiger partial charge in [-0.1, -0.05) is 44.9 Å². The number of benzene rings is 1. The van der Waals surface area contributed by atoms with Crippen molar-refractivity contribution < 1.29 is 19.1 Å². The Kier molecular flexibility index (Phi) is 6.72. The zero-order valence-electron chi connectivity index (χ0n) is 22.6. The Balaban J connectivity index is 1.45. The maximum absolute atomic E-state index is 14.1. The van der Waals surface area contributed by atoms with E-state index in [4.69, 9.17) is 4.74 Å². The van der Waals surface area contributed by atoms with Crippen LogP contribution in [-0.2, 0) is 19.1 Å². The Bertz CT molecular complexity index is 1130. The summed E-state index contributed by atoms with van der Waals surface area (Å²) in [4.78, 5) is 44.4. The third-order valence-electron chi connectivity index (χ3n) is 8.92. The Labute approximate surface area is 224 Å². The van der Waals surface area contributed by atoms with Gasteiger partial charge in [-0.25, -0.2) is 0 Å². The third kappa shape index (κ3) is 4.30. The molecular formula is C29H39N3O4S. The molecule has 8 atom stereocenters. The van der Waals surface area contributed by atoms with Crippen molar-refractivity contribution in [2.45, 2.75) is 88.1 Å². The van der Waals surface area contributed by atoms with Crippen LogP contribution in [0.25, 0.3) is 0 Å². The molecule has 37 heavy (non-hydrogen) atoms. The average molecular weight is 526 g/mol. The van der Waals surface area contributed by atoms with E-state index < -0.39 is 35.1 Å². The summed E-state index contributed by atoms with van der Waals surface area (Å²) in [7, 11) is 0. The quantitative estimate of drug-likeness (QED) is 0.444. The molecule has 1 aromatic rings. The molecule has 7 nitrogen and oxygen atoms in total. The summed E-state index contributed by atoms with van der Waals surface area (Å²) < 4.78 is 6.47. The van der Waals surface area contributed by atoms with Crippen molar-refractivity contribution in [1.29, 1.82) is 0 Å². The molecule has 4 aliphatic rings. The molecule has 0 radical (unpaired) electrons. The highest BCUT2D eigenvalue weighted by atomic mass is 32.2. The number of fused-ring (bicyclic) bond motifs is 1. The molecule has 1 aliphatic carbocycles.